The molecule has 2 aromatic carbocycles. The van der Waals surface area contributed by atoms with Gasteiger partial charge >= 0.3 is 17.9 Å². The number of carbonyl (C=O) groups is 3. The molecule has 2 aromatic rings. The molecule has 0 aliphatic carbocycles. The second-order valence-electron chi connectivity index (χ2n) is 11.6. The lowest BCUT2D eigenvalue weighted by molar-refractivity contribution is -0.164. The Hall–Kier alpha value is -4.92. The SMILES string of the molecule is CC(=O)OC[C@H]1O[C@H](CCON=C(C)CCC(=O)OC[C@H]2O[C@H](C#Cc3ccccc3)C=C[C@@H]2Oc2ccc(C)cc2)C=C[C@@H]1OC(C)=O. The summed E-state index contributed by atoms with van der Waals surface area (Å²) in [4.78, 5) is 40.8. The molecule has 11 nitrogen and oxygen atoms in total. The van der Waals surface area contributed by atoms with Crippen molar-refractivity contribution < 1.29 is 47.6 Å². The van der Waals surface area contributed by atoms with Crippen LogP contribution in [-0.2, 0) is 42.9 Å². The number of oxime groups is 1. The Labute approximate surface area is 287 Å². The summed E-state index contributed by atoms with van der Waals surface area (Å²) in [5, 5.41) is 4.11. The number of hydrogen-bond donors (Lipinski definition) is 0. The highest BCUT2D eigenvalue weighted by atomic mass is 16.6. The summed E-state index contributed by atoms with van der Waals surface area (Å²) >= 11 is 0. The predicted molar refractivity (Wildman–Crippen MR) is 181 cm³/mol. The molecule has 0 bridgehead atoms. The van der Waals surface area contributed by atoms with Gasteiger partial charge in [-0.3, -0.25) is 14.4 Å². The number of carbonyl (C=O) groups excluding carboxylic acids is 3. The summed E-state index contributed by atoms with van der Waals surface area (Å²) in [6.45, 7) is 6.54. The predicted octanol–water partition coefficient (Wildman–Crippen LogP) is 5.04. The van der Waals surface area contributed by atoms with Crippen molar-refractivity contribution in [2.75, 3.05) is 19.8 Å². The minimum atomic E-state index is -0.656. The van der Waals surface area contributed by atoms with E-state index in [-0.39, 0.29) is 32.3 Å². The summed E-state index contributed by atoms with van der Waals surface area (Å²) in [6, 6.07) is 17.3. The van der Waals surface area contributed by atoms with E-state index in [0.717, 1.165) is 11.1 Å². The maximum atomic E-state index is 12.7. The van der Waals surface area contributed by atoms with E-state index in [1.807, 2.05) is 73.7 Å². The molecule has 260 valence electrons. The third kappa shape index (κ3) is 13.2. The Balaban J connectivity index is 1.23. The highest BCUT2D eigenvalue weighted by molar-refractivity contribution is 5.85. The van der Waals surface area contributed by atoms with Crippen LogP contribution in [0.25, 0.3) is 0 Å². The molecule has 0 saturated carbocycles. The van der Waals surface area contributed by atoms with Crippen molar-refractivity contribution in [3.63, 3.8) is 0 Å². The zero-order chi connectivity index (χ0) is 35.0. The molecule has 0 N–H and O–H groups in total. The van der Waals surface area contributed by atoms with Crippen molar-refractivity contribution in [3.8, 4) is 17.6 Å². The van der Waals surface area contributed by atoms with Gasteiger partial charge in [-0.05, 0) is 62.8 Å². The van der Waals surface area contributed by atoms with Crippen molar-refractivity contribution in [2.24, 2.45) is 5.16 Å². The summed E-state index contributed by atoms with van der Waals surface area (Å²) in [6.07, 6.45) is 4.96. The van der Waals surface area contributed by atoms with Gasteiger partial charge in [-0.25, -0.2) is 0 Å². The second-order valence-corrected chi connectivity index (χ2v) is 11.6. The molecule has 2 aliphatic rings. The van der Waals surface area contributed by atoms with Crippen LogP contribution in [0.3, 0.4) is 0 Å². The van der Waals surface area contributed by atoms with Gasteiger partial charge < -0.3 is 33.3 Å². The van der Waals surface area contributed by atoms with E-state index in [0.29, 0.717) is 24.3 Å². The van der Waals surface area contributed by atoms with Crippen molar-refractivity contribution in [2.45, 2.75) is 83.6 Å². The summed E-state index contributed by atoms with van der Waals surface area (Å²) in [5.74, 6) is 5.59. The van der Waals surface area contributed by atoms with Crippen LogP contribution < -0.4 is 4.74 Å². The first-order chi connectivity index (χ1) is 23.6. The molecule has 0 unspecified atom stereocenters. The summed E-state index contributed by atoms with van der Waals surface area (Å²) in [7, 11) is 0. The number of esters is 3. The lowest BCUT2D eigenvalue weighted by Gasteiger charge is -2.31. The zero-order valence-corrected chi connectivity index (χ0v) is 28.2. The molecule has 0 amide bonds. The summed E-state index contributed by atoms with van der Waals surface area (Å²) < 4.78 is 34.2. The van der Waals surface area contributed by atoms with Crippen LogP contribution in [-0.4, -0.2) is 80.1 Å². The van der Waals surface area contributed by atoms with E-state index in [9.17, 15) is 14.4 Å². The number of hydrogen-bond acceptors (Lipinski definition) is 11. The van der Waals surface area contributed by atoms with Gasteiger partial charge in [0.25, 0.3) is 0 Å². The van der Waals surface area contributed by atoms with Gasteiger partial charge in [0.15, 0.2) is 0 Å². The van der Waals surface area contributed by atoms with E-state index in [2.05, 4.69) is 17.0 Å². The molecule has 6 atom stereocenters. The zero-order valence-electron chi connectivity index (χ0n) is 28.2. The second kappa shape index (κ2) is 19.2. The Morgan fingerprint density at radius 1 is 0.796 bits per heavy atom. The molecule has 4 rings (SSSR count). The smallest absolute Gasteiger partial charge is 0.306 e. The fourth-order valence-electron chi connectivity index (χ4n) is 4.84. The number of ether oxygens (including phenoxy) is 6. The third-order valence-electron chi connectivity index (χ3n) is 7.39. The molecule has 11 heteroatoms. The molecule has 0 radical (unpaired) electrons. The van der Waals surface area contributed by atoms with Gasteiger partial charge in [-0.1, -0.05) is 59.0 Å². The summed E-state index contributed by atoms with van der Waals surface area (Å²) in [5.41, 5.74) is 2.61. The van der Waals surface area contributed by atoms with E-state index in [1.165, 1.54) is 13.8 Å². The van der Waals surface area contributed by atoms with Gasteiger partial charge in [0.05, 0.1) is 18.2 Å². The number of aryl methyl sites for hydroxylation is 1. The molecule has 0 saturated heterocycles. The van der Waals surface area contributed by atoms with Crippen LogP contribution in [0.15, 0.2) is 84.1 Å². The average Bonchev–Trinajstić information content (AvgIpc) is 3.09. The van der Waals surface area contributed by atoms with Crippen LogP contribution in [0.4, 0.5) is 0 Å². The number of rotatable bonds is 14. The third-order valence-corrected chi connectivity index (χ3v) is 7.39. The van der Waals surface area contributed by atoms with E-state index in [4.69, 9.17) is 33.3 Å². The quantitative estimate of drug-likeness (QED) is 0.0512. The maximum absolute atomic E-state index is 12.7. The minimum Gasteiger partial charge on any atom is -0.483 e. The molecule has 0 fully saturated rings. The first-order valence-corrected chi connectivity index (χ1v) is 16.2. The van der Waals surface area contributed by atoms with Crippen LogP contribution in [0.2, 0.25) is 0 Å². The maximum Gasteiger partial charge on any atom is 0.306 e. The Kier molecular flexibility index (Phi) is 14.4. The van der Waals surface area contributed by atoms with E-state index >= 15 is 0 Å². The van der Waals surface area contributed by atoms with Gasteiger partial charge in [-0.15, -0.1) is 0 Å². The van der Waals surface area contributed by atoms with Crippen LogP contribution in [0.5, 0.6) is 5.75 Å². The Bertz CT molecular complexity index is 1540. The van der Waals surface area contributed by atoms with Crippen molar-refractivity contribution in [3.05, 3.63) is 90.0 Å². The Morgan fingerprint density at radius 3 is 2.24 bits per heavy atom. The molecular formula is C38H43NO10. The topological polar surface area (TPSA) is 128 Å². The first-order valence-electron chi connectivity index (χ1n) is 16.2. The van der Waals surface area contributed by atoms with Gasteiger partial charge in [0, 0.05) is 25.8 Å². The fraction of sp³-hybridized carbons (Fsp3) is 0.421. The van der Waals surface area contributed by atoms with Crippen LogP contribution >= 0.6 is 0 Å². The molecular weight excluding hydrogens is 630 g/mol. The van der Waals surface area contributed by atoms with E-state index < -0.39 is 48.4 Å². The molecule has 0 aromatic heterocycles. The van der Waals surface area contributed by atoms with Crippen LogP contribution in [0, 0.1) is 18.8 Å². The van der Waals surface area contributed by atoms with Gasteiger partial charge in [-0.2, -0.15) is 0 Å². The van der Waals surface area contributed by atoms with Crippen molar-refractivity contribution >= 4 is 23.6 Å². The lowest BCUT2D eigenvalue weighted by Crippen LogP contribution is -2.42. The van der Waals surface area contributed by atoms with Crippen LogP contribution in [0.1, 0.15) is 51.2 Å². The van der Waals surface area contributed by atoms with Gasteiger partial charge in [0.2, 0.25) is 0 Å². The Morgan fingerprint density at radius 2 is 1.51 bits per heavy atom. The molecule has 2 aliphatic heterocycles. The fourth-order valence-corrected chi connectivity index (χ4v) is 4.84. The normalized spacial score (nSPS) is 23.1. The average molecular weight is 674 g/mol. The number of nitrogens with zero attached hydrogens (tertiary/aromatic N) is 1. The molecule has 49 heavy (non-hydrogen) atoms. The highest BCUT2D eigenvalue weighted by Gasteiger charge is 2.31. The minimum absolute atomic E-state index is 0.0123. The molecule has 0 spiro atoms. The standard InChI is InChI=1S/C38H43NO10/c1-26-10-14-31(15-11-26)47-35-20-17-32(16-13-30-8-6-5-7-9-30)48-37(35)25-44-38(42)21-12-27(2)39-45-23-22-33-18-19-34(46-29(4)41)36(49-33)24-43-28(3)40/h5-11,14-15,17-20,32-37H,12,21-25H2,1-4H3/t32-,33+,34+,35+,36-,37-/m1/s1. The monoisotopic (exact) mass is 673 g/mol. The number of benzene rings is 2. The first kappa shape index (κ1) is 36.9. The highest BCUT2D eigenvalue weighted by Crippen LogP contribution is 2.22. The molecule has 2 heterocycles. The van der Waals surface area contributed by atoms with Crippen molar-refractivity contribution in [1.29, 1.82) is 0 Å². The van der Waals surface area contributed by atoms with E-state index in [1.54, 1.807) is 19.1 Å². The lowest BCUT2D eigenvalue weighted by atomic mass is 10.1. The largest absolute Gasteiger partial charge is 0.483 e. The van der Waals surface area contributed by atoms with Crippen molar-refractivity contribution in [1.82, 2.24) is 0 Å². The van der Waals surface area contributed by atoms with Gasteiger partial charge in [0.1, 0.15) is 56.1 Å².